The van der Waals surface area contributed by atoms with E-state index in [2.05, 4.69) is 120 Å². The van der Waals surface area contributed by atoms with E-state index in [1.807, 2.05) is 0 Å². The quantitative estimate of drug-likeness (QED) is 0.0230. The first-order valence-corrected chi connectivity index (χ1v) is 29.6. The number of hydrogen-bond donors (Lipinski definition) is 0. The van der Waals surface area contributed by atoms with Crippen molar-refractivity contribution in [2.45, 2.75) is 252 Å². The van der Waals surface area contributed by atoms with Crippen molar-refractivity contribution in [2.75, 3.05) is 0 Å². The third-order valence-electron chi connectivity index (χ3n) is 15.7. The fraction of sp³-hybridized carbons (Fsp3) is 0.582. The second-order valence-corrected chi connectivity index (χ2v) is 21.4. The van der Waals surface area contributed by atoms with E-state index in [-0.39, 0.29) is 19.5 Å². The number of benzene rings is 1. The number of nitrogens with zero attached hydrogens (tertiary/aromatic N) is 4. The minimum atomic E-state index is 0. The van der Waals surface area contributed by atoms with Gasteiger partial charge in [-0.25, -0.2) is 9.97 Å². The first-order valence-electron chi connectivity index (χ1n) is 29.6. The van der Waals surface area contributed by atoms with Crippen LogP contribution in [0.25, 0.3) is 57.5 Å². The molecule has 5 heterocycles. The van der Waals surface area contributed by atoms with Gasteiger partial charge in [-0.3, -0.25) is 0 Å². The second kappa shape index (κ2) is 33.0. The maximum atomic E-state index is 5.93. The van der Waals surface area contributed by atoms with Crippen LogP contribution in [-0.2, 0) is 19.5 Å². The first-order chi connectivity index (χ1) is 35.0. The van der Waals surface area contributed by atoms with Gasteiger partial charge in [0, 0.05) is 11.1 Å². The van der Waals surface area contributed by atoms with E-state index >= 15 is 0 Å². The van der Waals surface area contributed by atoms with Crippen LogP contribution in [0, 0.1) is 12.3 Å². The molecule has 0 saturated heterocycles. The van der Waals surface area contributed by atoms with E-state index in [9.17, 15) is 0 Å². The molecule has 0 N–H and O–H groups in total. The van der Waals surface area contributed by atoms with E-state index in [0.29, 0.717) is 17.8 Å². The summed E-state index contributed by atoms with van der Waals surface area (Å²) in [6.45, 7) is 14.0. The third kappa shape index (κ3) is 17.0. The van der Waals surface area contributed by atoms with Crippen molar-refractivity contribution in [1.29, 1.82) is 0 Å². The topological polar surface area (TPSA) is 54.0 Å². The van der Waals surface area contributed by atoms with Crippen LogP contribution >= 0.6 is 0 Å². The summed E-state index contributed by atoms with van der Waals surface area (Å²) >= 11 is 0. The molecular formula is C67H94N4Zn. The number of unbranched alkanes of at least 4 members (excludes halogenated alkanes) is 18. The van der Waals surface area contributed by atoms with Crippen molar-refractivity contribution in [3.8, 4) is 23.5 Å². The predicted octanol–water partition coefficient (Wildman–Crippen LogP) is 20.6. The Morgan fingerprint density at radius 1 is 0.375 bits per heavy atom. The molecule has 5 heteroatoms. The van der Waals surface area contributed by atoms with Gasteiger partial charge in [0.05, 0.1) is 22.8 Å². The molecule has 0 spiro atoms. The monoisotopic (exact) mass is 1020 g/mol. The summed E-state index contributed by atoms with van der Waals surface area (Å²) in [5, 5.41) is 0. The van der Waals surface area contributed by atoms with E-state index in [0.717, 1.165) is 87.2 Å². The van der Waals surface area contributed by atoms with Gasteiger partial charge in [0.1, 0.15) is 0 Å². The predicted molar refractivity (Wildman–Crippen MR) is 311 cm³/mol. The maximum Gasteiger partial charge on any atom is 2.00 e. The van der Waals surface area contributed by atoms with Crippen molar-refractivity contribution in [3.05, 3.63) is 93.6 Å². The van der Waals surface area contributed by atoms with Crippen molar-refractivity contribution in [2.24, 2.45) is 0 Å². The molecule has 0 radical (unpaired) electrons. The zero-order chi connectivity index (χ0) is 50.0. The Kier molecular flexibility index (Phi) is 27.0. The van der Waals surface area contributed by atoms with Crippen LogP contribution in [0.2, 0.25) is 0 Å². The van der Waals surface area contributed by atoms with Gasteiger partial charge in [-0.1, -0.05) is 244 Å². The molecule has 1 aromatic carbocycles. The molecule has 2 aliphatic heterocycles. The molecule has 4 aromatic rings. The Morgan fingerprint density at radius 3 is 0.972 bits per heavy atom. The van der Waals surface area contributed by atoms with Crippen LogP contribution in [0.3, 0.4) is 0 Å². The van der Waals surface area contributed by atoms with Crippen molar-refractivity contribution in [3.63, 3.8) is 0 Å². The normalized spacial score (nSPS) is 12.2. The number of fused-ring (bicyclic) bond motifs is 8. The standard InChI is InChI=1S/C67H94N4.Zn/c1-8-15-21-27-33-52(34-28-22-16-9-2)64-56-43-45-58(68-56)65(53(35-29-23-17-10-3)36-30-24-18-11-4)60-47-49-62(70-60)67(55-41-39-51(14-7)40-42-55)63-50-48-61(71-63)66(59-46-44-57(64)69-59)54(37-31-25-19-12-5)38-32-26-20-13-6;/h7,39-50,52-54H,8-13,15-38H2,1-6H3;/q-2;+2/i67+1;. The number of aromatic nitrogens is 4. The van der Waals surface area contributed by atoms with Gasteiger partial charge in [-0.05, 0) is 109 Å². The minimum absolute atomic E-state index is 0. The molecule has 0 saturated carbocycles. The van der Waals surface area contributed by atoms with E-state index in [1.165, 1.54) is 184 Å². The van der Waals surface area contributed by atoms with E-state index < -0.39 is 0 Å². The Labute approximate surface area is 452 Å². The molecule has 72 heavy (non-hydrogen) atoms. The van der Waals surface area contributed by atoms with Gasteiger partial charge in [-0.15, -0.1) is 28.5 Å². The van der Waals surface area contributed by atoms with E-state index in [4.69, 9.17) is 26.4 Å². The van der Waals surface area contributed by atoms with E-state index in [1.54, 1.807) is 0 Å². The summed E-state index contributed by atoms with van der Waals surface area (Å²) in [5.74, 6) is 3.97. The van der Waals surface area contributed by atoms with Crippen LogP contribution in [-0.4, -0.2) is 9.97 Å². The number of terminal acetylenes is 1. The van der Waals surface area contributed by atoms with Crippen LogP contribution < -0.4 is 9.97 Å². The SMILES string of the molecule is C#Cc1ccc(-[13c]2c3nc(c(C(CCCCCC)CCCCCC)c4ccc([n-]4)c(C(CCCCCC)CCCCCC)c4ccc([n-]4)c(C(CCCCCC)CCCCCC)c4nc2C=C4)C=C3)cc1.[Zn+2]. The third-order valence-corrected chi connectivity index (χ3v) is 15.7. The van der Waals surface area contributed by atoms with Crippen LogP contribution in [0.1, 0.15) is 297 Å². The summed E-state index contributed by atoms with van der Waals surface area (Å²) in [4.78, 5) is 23.2. The summed E-state index contributed by atoms with van der Waals surface area (Å²) in [6, 6.07) is 18.0. The molecule has 0 fully saturated rings. The Morgan fingerprint density at radius 2 is 0.667 bits per heavy atom. The van der Waals surface area contributed by atoms with Crippen molar-refractivity contribution < 1.29 is 19.5 Å². The molecule has 384 valence electrons. The molecule has 0 amide bonds. The van der Waals surface area contributed by atoms with Gasteiger partial charge in [0.15, 0.2) is 0 Å². The largest absolute Gasteiger partial charge is 2.00 e. The summed E-state index contributed by atoms with van der Waals surface area (Å²) in [5.41, 5.74) is 15.5. The average molecular weight is 1020 g/mol. The van der Waals surface area contributed by atoms with Gasteiger partial charge in [0.2, 0.25) is 0 Å². The van der Waals surface area contributed by atoms with Crippen LogP contribution in [0.5, 0.6) is 0 Å². The zero-order valence-electron chi connectivity index (χ0n) is 46.4. The van der Waals surface area contributed by atoms with Crippen LogP contribution in [0.4, 0.5) is 0 Å². The first kappa shape index (κ1) is 58.9. The fourth-order valence-corrected chi connectivity index (χ4v) is 11.6. The smallest absolute Gasteiger partial charge is 0.657 e. The van der Waals surface area contributed by atoms with Gasteiger partial charge in [0.25, 0.3) is 0 Å². The maximum absolute atomic E-state index is 5.93. The molecule has 4 nitrogen and oxygen atoms in total. The van der Waals surface area contributed by atoms with Crippen LogP contribution in [0.15, 0.2) is 48.5 Å². The molecule has 0 unspecified atom stereocenters. The Hall–Kier alpha value is -4.00. The molecule has 2 aliphatic rings. The number of hydrogen-bond acceptors (Lipinski definition) is 2. The average Bonchev–Trinajstić information content (AvgIpc) is 4.25. The van der Waals surface area contributed by atoms with Crippen molar-refractivity contribution >= 4 is 46.4 Å². The molecule has 3 aromatic heterocycles. The van der Waals surface area contributed by atoms with Gasteiger partial charge >= 0.3 is 19.5 Å². The molecular weight excluding hydrogens is 927 g/mol. The minimum Gasteiger partial charge on any atom is -0.657 e. The molecule has 0 atom stereocenters. The molecule has 8 bridgehead atoms. The molecule has 0 aliphatic carbocycles. The van der Waals surface area contributed by atoms with Gasteiger partial charge in [-0.2, -0.15) is 0 Å². The summed E-state index contributed by atoms with van der Waals surface area (Å²) < 4.78 is 0. The second-order valence-electron chi connectivity index (χ2n) is 21.4. The zero-order valence-corrected chi connectivity index (χ0v) is 49.4. The fourth-order valence-electron chi connectivity index (χ4n) is 11.6. The Bertz CT molecular complexity index is 2290. The van der Waals surface area contributed by atoms with Gasteiger partial charge < -0.3 is 9.97 Å². The summed E-state index contributed by atoms with van der Waals surface area (Å²) in [6.07, 6.45) is 52.2. The molecule has 6 rings (SSSR count). The summed E-state index contributed by atoms with van der Waals surface area (Å²) in [7, 11) is 0. The van der Waals surface area contributed by atoms with Crippen molar-refractivity contribution in [1.82, 2.24) is 19.9 Å². The number of rotatable bonds is 34. The Balaban J connectivity index is 0.00000963.